The number of carboxylic acid groups (broad SMARTS) is 1. The summed E-state index contributed by atoms with van der Waals surface area (Å²) in [4.78, 5) is 14.2. The number of alkyl halides is 2. The number of carboxylic acids is 1. The maximum Gasteiger partial charge on any atom is 0.307 e. The van der Waals surface area contributed by atoms with Gasteiger partial charge in [-0.05, 0) is 28.2 Å². The van der Waals surface area contributed by atoms with E-state index in [0.717, 1.165) is 6.20 Å². The Bertz CT molecular complexity index is 471. The third-order valence-corrected chi connectivity index (χ3v) is 2.67. The summed E-state index contributed by atoms with van der Waals surface area (Å²) in [7, 11) is 0. The number of hydrogen-bond donors (Lipinski definition) is 1. The average molecular weight is 338 g/mol. The van der Waals surface area contributed by atoms with E-state index in [4.69, 9.17) is 10.4 Å². The van der Waals surface area contributed by atoms with Crippen LogP contribution in [0.5, 0.6) is 0 Å². The molecule has 84 valence electrons. The van der Waals surface area contributed by atoms with Crippen LogP contribution in [0, 0.1) is 15.0 Å². The van der Waals surface area contributed by atoms with E-state index in [-0.39, 0.29) is 14.8 Å². The fourth-order valence-electron chi connectivity index (χ4n) is 1.18. The van der Waals surface area contributed by atoms with Gasteiger partial charge in [-0.1, -0.05) is 0 Å². The van der Waals surface area contributed by atoms with Crippen molar-refractivity contribution in [3.05, 3.63) is 26.6 Å². The molecule has 0 atom stereocenters. The van der Waals surface area contributed by atoms with E-state index in [1.54, 1.807) is 28.7 Å². The van der Waals surface area contributed by atoms with Crippen LogP contribution in [0.1, 0.15) is 23.1 Å². The Morgan fingerprint density at radius 2 is 2.31 bits per heavy atom. The van der Waals surface area contributed by atoms with E-state index in [9.17, 15) is 13.6 Å². The number of carbonyl (C=O) groups is 1. The van der Waals surface area contributed by atoms with E-state index >= 15 is 0 Å². The number of rotatable bonds is 3. The highest BCUT2D eigenvalue weighted by Gasteiger charge is 2.21. The molecule has 1 N–H and O–H groups in total. The molecule has 0 radical (unpaired) electrons. The lowest BCUT2D eigenvalue weighted by atomic mass is 10.0. The summed E-state index contributed by atoms with van der Waals surface area (Å²) in [6.45, 7) is 0. The van der Waals surface area contributed by atoms with Crippen LogP contribution in [0.15, 0.2) is 6.20 Å². The zero-order valence-electron chi connectivity index (χ0n) is 7.75. The number of aromatic nitrogens is 1. The van der Waals surface area contributed by atoms with Crippen LogP contribution >= 0.6 is 22.6 Å². The van der Waals surface area contributed by atoms with Crippen LogP contribution in [0.3, 0.4) is 0 Å². The van der Waals surface area contributed by atoms with E-state index in [2.05, 4.69) is 4.98 Å². The summed E-state index contributed by atoms with van der Waals surface area (Å²) >= 11 is 1.70. The Labute approximate surface area is 103 Å². The SMILES string of the molecule is N#Cc1c(I)ncc(C(F)F)c1CC(=O)O. The highest BCUT2D eigenvalue weighted by atomic mass is 127. The van der Waals surface area contributed by atoms with Crippen molar-refractivity contribution >= 4 is 28.6 Å². The molecule has 0 unspecified atom stereocenters. The van der Waals surface area contributed by atoms with Gasteiger partial charge < -0.3 is 5.11 Å². The molecule has 0 aliphatic rings. The van der Waals surface area contributed by atoms with Crippen molar-refractivity contribution in [1.29, 1.82) is 5.26 Å². The average Bonchev–Trinajstić information content (AvgIpc) is 2.16. The minimum absolute atomic E-state index is 0.0965. The van der Waals surface area contributed by atoms with Crippen LogP contribution in [0.25, 0.3) is 0 Å². The summed E-state index contributed by atoms with van der Waals surface area (Å²) < 4.78 is 25.4. The molecule has 0 aliphatic heterocycles. The highest BCUT2D eigenvalue weighted by Crippen LogP contribution is 2.27. The second-order valence-electron chi connectivity index (χ2n) is 2.84. The molecule has 0 aliphatic carbocycles. The maximum absolute atomic E-state index is 12.6. The van der Waals surface area contributed by atoms with Crippen molar-refractivity contribution < 1.29 is 18.7 Å². The molecule has 0 bridgehead atoms. The first-order valence-corrected chi connectivity index (χ1v) is 5.12. The first-order chi connectivity index (χ1) is 7.47. The van der Waals surface area contributed by atoms with Gasteiger partial charge in [0.2, 0.25) is 0 Å². The number of pyridine rings is 1. The number of nitrogens with zero attached hydrogens (tertiary/aromatic N) is 2. The van der Waals surface area contributed by atoms with Gasteiger partial charge in [0, 0.05) is 11.8 Å². The molecule has 1 rings (SSSR count). The third-order valence-electron chi connectivity index (χ3n) is 1.85. The maximum atomic E-state index is 12.6. The molecule has 7 heteroatoms. The minimum atomic E-state index is -2.84. The van der Waals surface area contributed by atoms with E-state index in [1.165, 1.54) is 0 Å². The fourth-order valence-corrected chi connectivity index (χ4v) is 1.77. The molecule has 0 spiro atoms. The topological polar surface area (TPSA) is 74.0 Å². The smallest absolute Gasteiger partial charge is 0.307 e. The Kier molecular flexibility index (Phi) is 4.12. The Balaban J connectivity index is 3.42. The summed E-state index contributed by atoms with van der Waals surface area (Å²) in [6, 6.07) is 1.70. The molecule has 1 aromatic heterocycles. The zero-order chi connectivity index (χ0) is 12.3. The summed E-state index contributed by atoms with van der Waals surface area (Å²) in [6.07, 6.45) is -2.54. The van der Waals surface area contributed by atoms with Gasteiger partial charge in [-0.2, -0.15) is 5.26 Å². The monoisotopic (exact) mass is 338 g/mol. The number of aliphatic carboxylic acids is 1. The van der Waals surface area contributed by atoms with Crippen molar-refractivity contribution in [3.8, 4) is 6.07 Å². The van der Waals surface area contributed by atoms with Crippen molar-refractivity contribution in [2.45, 2.75) is 12.8 Å². The van der Waals surface area contributed by atoms with Crippen LogP contribution in [0.2, 0.25) is 0 Å². The van der Waals surface area contributed by atoms with Crippen LogP contribution in [0.4, 0.5) is 8.78 Å². The lowest BCUT2D eigenvalue weighted by molar-refractivity contribution is -0.136. The van der Waals surface area contributed by atoms with Crippen LogP contribution < -0.4 is 0 Å². The van der Waals surface area contributed by atoms with E-state index < -0.39 is 24.4 Å². The largest absolute Gasteiger partial charge is 0.481 e. The van der Waals surface area contributed by atoms with Crippen LogP contribution in [-0.2, 0) is 11.2 Å². The van der Waals surface area contributed by atoms with Crippen molar-refractivity contribution in [2.24, 2.45) is 0 Å². The Morgan fingerprint density at radius 3 is 2.75 bits per heavy atom. The van der Waals surface area contributed by atoms with E-state index in [0.29, 0.717) is 0 Å². The second-order valence-corrected chi connectivity index (χ2v) is 3.86. The lowest BCUT2D eigenvalue weighted by Gasteiger charge is -2.09. The van der Waals surface area contributed by atoms with Gasteiger partial charge in [-0.15, -0.1) is 0 Å². The molecule has 0 amide bonds. The molecule has 4 nitrogen and oxygen atoms in total. The van der Waals surface area contributed by atoms with Gasteiger partial charge in [0.05, 0.1) is 12.0 Å². The van der Waals surface area contributed by atoms with Crippen molar-refractivity contribution in [2.75, 3.05) is 0 Å². The van der Waals surface area contributed by atoms with Gasteiger partial charge in [-0.3, -0.25) is 4.79 Å². The summed E-state index contributed by atoms with van der Waals surface area (Å²) in [5.41, 5.74) is -0.760. The summed E-state index contributed by atoms with van der Waals surface area (Å²) in [5, 5.41) is 17.4. The van der Waals surface area contributed by atoms with Gasteiger partial charge in [0.1, 0.15) is 9.77 Å². The molecule has 16 heavy (non-hydrogen) atoms. The standard InChI is InChI=1S/C9H5F2IN2O2/c10-8(11)6-3-14-9(12)5(2-13)4(6)1-7(15)16/h3,8H,1H2,(H,15,16). The second kappa shape index (κ2) is 5.16. The Morgan fingerprint density at radius 1 is 1.69 bits per heavy atom. The first kappa shape index (κ1) is 12.8. The predicted molar refractivity (Wildman–Crippen MR) is 58.0 cm³/mol. The molecule has 0 aromatic carbocycles. The molecular weight excluding hydrogens is 333 g/mol. The van der Waals surface area contributed by atoms with Gasteiger partial charge in [0.15, 0.2) is 0 Å². The third kappa shape index (κ3) is 2.63. The molecule has 1 heterocycles. The first-order valence-electron chi connectivity index (χ1n) is 4.04. The fraction of sp³-hybridized carbons (Fsp3) is 0.222. The molecule has 0 saturated heterocycles. The van der Waals surface area contributed by atoms with Gasteiger partial charge in [0.25, 0.3) is 6.43 Å². The normalized spacial score (nSPS) is 10.2. The highest BCUT2D eigenvalue weighted by molar-refractivity contribution is 14.1. The molecular formula is C9H5F2IN2O2. The summed E-state index contributed by atoms with van der Waals surface area (Å²) in [5.74, 6) is -1.26. The number of nitriles is 1. The van der Waals surface area contributed by atoms with Gasteiger partial charge in [-0.25, -0.2) is 13.8 Å². The number of halogens is 3. The van der Waals surface area contributed by atoms with E-state index in [1.807, 2.05) is 0 Å². The van der Waals surface area contributed by atoms with Crippen LogP contribution in [-0.4, -0.2) is 16.1 Å². The number of hydrogen-bond acceptors (Lipinski definition) is 3. The lowest BCUT2D eigenvalue weighted by Crippen LogP contribution is -2.09. The quantitative estimate of drug-likeness (QED) is 0.677. The molecule has 0 fully saturated rings. The molecule has 1 aromatic rings. The Hall–Kier alpha value is -1.30. The zero-order valence-corrected chi connectivity index (χ0v) is 9.90. The van der Waals surface area contributed by atoms with Gasteiger partial charge >= 0.3 is 5.97 Å². The minimum Gasteiger partial charge on any atom is -0.481 e. The molecule has 0 saturated carbocycles. The van der Waals surface area contributed by atoms with Crippen molar-refractivity contribution in [3.63, 3.8) is 0 Å². The predicted octanol–water partition coefficient (Wildman–Crippen LogP) is 2.12. The van der Waals surface area contributed by atoms with Crippen molar-refractivity contribution in [1.82, 2.24) is 4.98 Å².